The maximum atomic E-state index is 5.92. The number of hydrogen-bond donors (Lipinski definition) is 0. The molecule has 0 bridgehead atoms. The second-order valence-corrected chi connectivity index (χ2v) is 6.16. The summed E-state index contributed by atoms with van der Waals surface area (Å²) in [5.74, 6) is 0.288. The van der Waals surface area contributed by atoms with Crippen LogP contribution in [0.2, 0.25) is 0 Å². The van der Waals surface area contributed by atoms with Gasteiger partial charge in [0.1, 0.15) is 0 Å². The van der Waals surface area contributed by atoms with Crippen molar-refractivity contribution in [3.63, 3.8) is 0 Å². The first-order valence-electron chi connectivity index (χ1n) is 8.30. The second-order valence-electron chi connectivity index (χ2n) is 5.98. The summed E-state index contributed by atoms with van der Waals surface area (Å²) in [6.07, 6.45) is 1.99. The molecule has 0 aliphatic carbocycles. The first kappa shape index (κ1) is 17.0. The minimum Gasteiger partial charge on any atom is -0.348 e. The van der Waals surface area contributed by atoms with Gasteiger partial charge in [0.25, 0.3) is 0 Å². The van der Waals surface area contributed by atoms with E-state index in [1.807, 2.05) is 24.3 Å². The summed E-state index contributed by atoms with van der Waals surface area (Å²) in [6.45, 7) is 3.53. The van der Waals surface area contributed by atoms with Crippen LogP contribution in [0.4, 0.5) is 5.69 Å². The zero-order chi connectivity index (χ0) is 16.8. The molecule has 124 valence electrons. The fourth-order valence-electron chi connectivity index (χ4n) is 2.89. The molecular weight excluding hydrogens is 318 g/mol. The summed E-state index contributed by atoms with van der Waals surface area (Å²) in [7, 11) is 0. The lowest BCUT2D eigenvalue weighted by atomic mass is 9.98. The Morgan fingerprint density at radius 1 is 1.00 bits per heavy atom. The van der Waals surface area contributed by atoms with E-state index >= 15 is 0 Å². The van der Waals surface area contributed by atoms with Crippen molar-refractivity contribution in [2.24, 2.45) is 4.99 Å². The first-order chi connectivity index (χ1) is 11.8. The molecule has 0 atom stereocenters. The molecule has 2 aromatic carbocycles. The van der Waals surface area contributed by atoms with Crippen LogP contribution in [0.1, 0.15) is 42.2 Å². The molecule has 1 saturated heterocycles. The molecule has 0 amide bonds. The SMILES string of the molecule is CCCc1ccc(C2COC(c3ccc(N=C=S)cc3)OC2)cc1. The number of thiocarbonyl (C=S) groups is 1. The molecule has 0 saturated carbocycles. The van der Waals surface area contributed by atoms with E-state index in [0.717, 1.165) is 17.7 Å². The predicted molar refractivity (Wildman–Crippen MR) is 99.0 cm³/mol. The minimum absolute atomic E-state index is 0.288. The minimum atomic E-state index is -0.314. The molecule has 24 heavy (non-hydrogen) atoms. The summed E-state index contributed by atoms with van der Waals surface area (Å²) in [4.78, 5) is 3.95. The van der Waals surface area contributed by atoms with Crippen molar-refractivity contribution in [1.29, 1.82) is 0 Å². The third kappa shape index (κ3) is 4.16. The monoisotopic (exact) mass is 339 g/mol. The topological polar surface area (TPSA) is 30.8 Å². The van der Waals surface area contributed by atoms with Gasteiger partial charge in [0.15, 0.2) is 6.29 Å². The molecule has 1 fully saturated rings. The average molecular weight is 339 g/mol. The van der Waals surface area contributed by atoms with Crippen LogP contribution in [0.15, 0.2) is 53.5 Å². The van der Waals surface area contributed by atoms with Gasteiger partial charge in [0.05, 0.1) is 24.1 Å². The summed E-state index contributed by atoms with van der Waals surface area (Å²) in [6, 6.07) is 16.5. The van der Waals surface area contributed by atoms with Gasteiger partial charge in [-0.3, -0.25) is 0 Å². The Balaban J connectivity index is 1.59. The van der Waals surface area contributed by atoms with Crippen LogP contribution >= 0.6 is 12.2 Å². The van der Waals surface area contributed by atoms with Gasteiger partial charge in [-0.25, -0.2) is 0 Å². The van der Waals surface area contributed by atoms with Gasteiger partial charge in [-0.15, -0.1) is 0 Å². The normalized spacial score (nSPS) is 20.4. The van der Waals surface area contributed by atoms with Crippen molar-refractivity contribution < 1.29 is 9.47 Å². The van der Waals surface area contributed by atoms with Crippen molar-refractivity contribution in [2.75, 3.05) is 13.2 Å². The van der Waals surface area contributed by atoms with Gasteiger partial charge in [-0.2, -0.15) is 4.99 Å². The van der Waals surface area contributed by atoms with Crippen molar-refractivity contribution in [3.8, 4) is 0 Å². The number of ether oxygens (including phenoxy) is 2. The third-order valence-corrected chi connectivity index (χ3v) is 4.32. The Labute approximate surface area is 148 Å². The molecule has 0 spiro atoms. The summed E-state index contributed by atoms with van der Waals surface area (Å²) >= 11 is 4.61. The second kappa shape index (κ2) is 8.32. The van der Waals surface area contributed by atoms with E-state index in [1.54, 1.807) is 0 Å². The smallest absolute Gasteiger partial charge is 0.183 e. The van der Waals surface area contributed by atoms with Crippen molar-refractivity contribution in [2.45, 2.75) is 32.0 Å². The van der Waals surface area contributed by atoms with Crippen LogP contribution < -0.4 is 0 Å². The van der Waals surface area contributed by atoms with E-state index < -0.39 is 0 Å². The highest BCUT2D eigenvalue weighted by Crippen LogP contribution is 2.30. The largest absolute Gasteiger partial charge is 0.348 e. The Kier molecular flexibility index (Phi) is 5.89. The van der Waals surface area contributed by atoms with Gasteiger partial charge in [0, 0.05) is 11.5 Å². The summed E-state index contributed by atoms with van der Waals surface area (Å²) < 4.78 is 11.8. The van der Waals surface area contributed by atoms with Gasteiger partial charge in [-0.05, 0) is 41.9 Å². The highest BCUT2D eigenvalue weighted by molar-refractivity contribution is 7.78. The van der Waals surface area contributed by atoms with Crippen molar-refractivity contribution >= 4 is 23.1 Å². The van der Waals surface area contributed by atoms with Gasteiger partial charge >= 0.3 is 0 Å². The molecule has 3 rings (SSSR count). The molecule has 1 aliphatic rings. The maximum Gasteiger partial charge on any atom is 0.183 e. The van der Waals surface area contributed by atoms with Gasteiger partial charge in [0.2, 0.25) is 0 Å². The molecule has 1 heterocycles. The van der Waals surface area contributed by atoms with Crippen LogP contribution in [0, 0.1) is 0 Å². The maximum absolute atomic E-state index is 5.92. The Bertz CT molecular complexity index is 697. The summed E-state index contributed by atoms with van der Waals surface area (Å²) in [5, 5.41) is 2.36. The third-order valence-electron chi connectivity index (χ3n) is 4.23. The molecule has 0 unspecified atom stereocenters. The lowest BCUT2D eigenvalue weighted by Crippen LogP contribution is -2.25. The zero-order valence-electron chi connectivity index (χ0n) is 13.8. The number of aryl methyl sites for hydroxylation is 1. The molecule has 0 radical (unpaired) electrons. The lowest BCUT2D eigenvalue weighted by molar-refractivity contribution is -0.191. The molecule has 2 aromatic rings. The van der Waals surface area contributed by atoms with Crippen molar-refractivity contribution in [3.05, 3.63) is 65.2 Å². The highest BCUT2D eigenvalue weighted by atomic mass is 32.1. The first-order valence-corrected chi connectivity index (χ1v) is 8.71. The van der Waals surface area contributed by atoms with Crippen LogP contribution in [-0.2, 0) is 15.9 Å². The Morgan fingerprint density at radius 3 is 2.21 bits per heavy atom. The number of isothiocyanates is 1. The van der Waals surface area contributed by atoms with E-state index in [-0.39, 0.29) is 12.2 Å². The van der Waals surface area contributed by atoms with Crippen molar-refractivity contribution in [1.82, 2.24) is 0 Å². The van der Waals surface area contributed by atoms with Crippen LogP contribution in [0.3, 0.4) is 0 Å². The fraction of sp³-hybridized carbons (Fsp3) is 0.350. The Morgan fingerprint density at radius 2 is 1.62 bits per heavy atom. The molecule has 0 N–H and O–H groups in total. The quantitative estimate of drug-likeness (QED) is 0.554. The standard InChI is InChI=1S/C20H21NO2S/c1-2-3-15-4-6-16(7-5-15)18-12-22-20(23-13-18)17-8-10-19(11-9-17)21-14-24/h4-11,18,20H,2-3,12-13H2,1H3. The number of benzene rings is 2. The zero-order valence-corrected chi connectivity index (χ0v) is 14.6. The van der Waals surface area contributed by atoms with Gasteiger partial charge in [-0.1, -0.05) is 49.7 Å². The molecular formula is C20H21NO2S. The predicted octanol–water partition coefficient (Wildman–Crippen LogP) is 5.20. The number of aliphatic imine (C=N–C) groups is 1. The van der Waals surface area contributed by atoms with E-state index in [1.165, 1.54) is 17.5 Å². The number of nitrogens with zero attached hydrogens (tertiary/aromatic N) is 1. The Hall–Kier alpha value is -1.84. The molecule has 0 aromatic heterocycles. The lowest BCUT2D eigenvalue weighted by Gasteiger charge is -2.30. The number of rotatable bonds is 5. The van der Waals surface area contributed by atoms with Crippen LogP contribution in [0.25, 0.3) is 0 Å². The van der Waals surface area contributed by atoms with E-state index in [0.29, 0.717) is 13.2 Å². The average Bonchev–Trinajstić information content (AvgIpc) is 2.64. The van der Waals surface area contributed by atoms with Crippen LogP contribution in [0.5, 0.6) is 0 Å². The van der Waals surface area contributed by atoms with E-state index in [2.05, 4.69) is 53.6 Å². The van der Waals surface area contributed by atoms with Crippen LogP contribution in [-0.4, -0.2) is 18.4 Å². The van der Waals surface area contributed by atoms with E-state index in [9.17, 15) is 0 Å². The molecule has 4 heteroatoms. The highest BCUT2D eigenvalue weighted by Gasteiger charge is 2.24. The summed E-state index contributed by atoms with van der Waals surface area (Å²) in [5.41, 5.74) is 4.44. The molecule has 1 aliphatic heterocycles. The van der Waals surface area contributed by atoms with Gasteiger partial charge < -0.3 is 9.47 Å². The number of hydrogen-bond acceptors (Lipinski definition) is 4. The van der Waals surface area contributed by atoms with E-state index in [4.69, 9.17) is 9.47 Å². The molecule has 3 nitrogen and oxygen atoms in total. The fourth-order valence-corrected chi connectivity index (χ4v) is 3.00.